The Morgan fingerprint density at radius 1 is 1.48 bits per heavy atom. The highest BCUT2D eigenvalue weighted by Crippen LogP contribution is 2.24. The summed E-state index contributed by atoms with van der Waals surface area (Å²) in [4.78, 5) is 17.4. The third-order valence-corrected chi connectivity index (χ3v) is 3.52. The molecule has 0 aliphatic heterocycles. The van der Waals surface area contributed by atoms with Gasteiger partial charge in [0.2, 0.25) is 0 Å². The van der Waals surface area contributed by atoms with Gasteiger partial charge in [0.25, 0.3) is 0 Å². The first-order valence-electron chi connectivity index (χ1n) is 6.87. The second-order valence-electron chi connectivity index (χ2n) is 4.86. The van der Waals surface area contributed by atoms with Crippen LogP contribution in [0.25, 0.3) is 0 Å². The van der Waals surface area contributed by atoms with Gasteiger partial charge in [-0.1, -0.05) is 0 Å². The number of hydrogen-bond donors (Lipinski definition) is 2. The molecule has 6 heteroatoms. The molecule has 1 heterocycles. The van der Waals surface area contributed by atoms with E-state index in [1.54, 1.807) is 18.3 Å². The van der Waals surface area contributed by atoms with Gasteiger partial charge in [-0.15, -0.1) is 0 Å². The summed E-state index contributed by atoms with van der Waals surface area (Å²) in [6.07, 6.45) is 4.50. The lowest BCUT2D eigenvalue weighted by atomic mass is 10.1. The highest BCUT2D eigenvalue weighted by molar-refractivity contribution is 5.90. The van der Waals surface area contributed by atoms with Crippen LogP contribution in [0.5, 0.6) is 0 Å². The highest BCUT2D eigenvalue weighted by Gasteiger charge is 2.12. The maximum atomic E-state index is 10.9. The van der Waals surface area contributed by atoms with Gasteiger partial charge in [-0.3, -0.25) is 0 Å². The molecule has 1 aromatic carbocycles. The van der Waals surface area contributed by atoms with Crippen molar-refractivity contribution in [2.75, 3.05) is 23.7 Å². The molecule has 0 bridgehead atoms. The van der Waals surface area contributed by atoms with Crippen LogP contribution in [0, 0.1) is 0 Å². The summed E-state index contributed by atoms with van der Waals surface area (Å²) in [5, 5.41) is 8.97. The topological polar surface area (TPSA) is 84.4 Å². The van der Waals surface area contributed by atoms with Crippen molar-refractivity contribution in [2.24, 2.45) is 7.05 Å². The predicted molar refractivity (Wildman–Crippen MR) is 82.6 cm³/mol. The van der Waals surface area contributed by atoms with E-state index in [-0.39, 0.29) is 5.56 Å². The van der Waals surface area contributed by atoms with Crippen LogP contribution in [0.15, 0.2) is 30.6 Å². The number of benzene rings is 1. The Balaban J connectivity index is 2.14. The monoisotopic (exact) mass is 288 g/mol. The van der Waals surface area contributed by atoms with Gasteiger partial charge < -0.3 is 20.3 Å². The number of aromatic carboxylic acids is 1. The minimum absolute atomic E-state index is 0.205. The number of carbonyl (C=O) groups is 1. The van der Waals surface area contributed by atoms with E-state index in [0.29, 0.717) is 5.69 Å². The lowest BCUT2D eigenvalue weighted by Gasteiger charge is -2.24. The summed E-state index contributed by atoms with van der Waals surface area (Å²) in [7, 11) is 1.97. The maximum Gasteiger partial charge on any atom is 0.335 e. The van der Waals surface area contributed by atoms with Crippen LogP contribution in [0.3, 0.4) is 0 Å². The Kier molecular flexibility index (Phi) is 4.47. The molecule has 0 amide bonds. The number of hydrogen-bond acceptors (Lipinski definition) is 4. The number of carboxylic acids is 1. The standard InChI is InChI=1S/C15H20N4O2/c1-3-19(8-6-14-17-7-9-18(14)2)13-5-4-11(15(20)21)10-12(13)16/h4-5,7,9-10H,3,6,8,16H2,1-2H3,(H,20,21). The minimum atomic E-state index is -0.968. The van der Waals surface area contributed by atoms with Gasteiger partial charge in [0.1, 0.15) is 5.82 Å². The average molecular weight is 288 g/mol. The van der Waals surface area contributed by atoms with Crippen LogP contribution in [0.2, 0.25) is 0 Å². The molecular weight excluding hydrogens is 268 g/mol. The second-order valence-corrected chi connectivity index (χ2v) is 4.86. The van der Waals surface area contributed by atoms with E-state index in [1.165, 1.54) is 6.07 Å². The average Bonchev–Trinajstić information content (AvgIpc) is 2.86. The molecule has 0 radical (unpaired) electrons. The van der Waals surface area contributed by atoms with Crippen LogP contribution < -0.4 is 10.6 Å². The van der Waals surface area contributed by atoms with E-state index >= 15 is 0 Å². The van der Waals surface area contributed by atoms with Gasteiger partial charge in [-0.2, -0.15) is 0 Å². The number of imidazole rings is 1. The molecule has 3 N–H and O–H groups in total. The van der Waals surface area contributed by atoms with Crippen molar-refractivity contribution >= 4 is 17.3 Å². The minimum Gasteiger partial charge on any atom is -0.478 e. The normalized spacial score (nSPS) is 10.6. The van der Waals surface area contributed by atoms with Crippen molar-refractivity contribution < 1.29 is 9.90 Å². The number of nitrogens with zero attached hydrogens (tertiary/aromatic N) is 3. The van der Waals surface area contributed by atoms with Crippen molar-refractivity contribution in [3.63, 3.8) is 0 Å². The maximum absolute atomic E-state index is 10.9. The summed E-state index contributed by atoms with van der Waals surface area (Å²) in [6.45, 7) is 3.61. The van der Waals surface area contributed by atoms with E-state index in [4.69, 9.17) is 10.8 Å². The molecular formula is C15H20N4O2. The first-order valence-corrected chi connectivity index (χ1v) is 6.87. The zero-order valence-electron chi connectivity index (χ0n) is 12.3. The van der Waals surface area contributed by atoms with E-state index in [2.05, 4.69) is 9.88 Å². The molecule has 0 atom stereocenters. The van der Waals surface area contributed by atoms with Gasteiger partial charge >= 0.3 is 5.97 Å². The molecule has 0 saturated carbocycles. The van der Waals surface area contributed by atoms with E-state index in [9.17, 15) is 4.79 Å². The van der Waals surface area contributed by atoms with Crippen LogP contribution in [-0.4, -0.2) is 33.7 Å². The van der Waals surface area contributed by atoms with Crippen molar-refractivity contribution in [3.8, 4) is 0 Å². The zero-order chi connectivity index (χ0) is 15.4. The van der Waals surface area contributed by atoms with Crippen LogP contribution in [-0.2, 0) is 13.5 Å². The molecule has 112 valence electrons. The number of aromatic nitrogens is 2. The fourth-order valence-electron chi connectivity index (χ4n) is 2.30. The smallest absolute Gasteiger partial charge is 0.335 e. The molecule has 0 fully saturated rings. The number of anilines is 2. The van der Waals surface area contributed by atoms with Gasteiger partial charge in [-0.25, -0.2) is 9.78 Å². The number of aryl methyl sites for hydroxylation is 1. The quantitative estimate of drug-likeness (QED) is 0.791. The first kappa shape index (κ1) is 14.9. The number of nitrogens with two attached hydrogens (primary N) is 1. The fraction of sp³-hybridized carbons (Fsp3) is 0.333. The summed E-state index contributed by atoms with van der Waals surface area (Å²) >= 11 is 0. The molecule has 6 nitrogen and oxygen atoms in total. The molecule has 0 saturated heterocycles. The largest absolute Gasteiger partial charge is 0.478 e. The zero-order valence-corrected chi connectivity index (χ0v) is 12.3. The second kappa shape index (κ2) is 6.30. The number of nitrogen functional groups attached to an aromatic ring is 1. The van der Waals surface area contributed by atoms with Crippen molar-refractivity contribution in [2.45, 2.75) is 13.3 Å². The predicted octanol–water partition coefficient (Wildman–Crippen LogP) is 1.77. The SMILES string of the molecule is CCN(CCc1nccn1C)c1ccc(C(=O)O)cc1N. The van der Waals surface area contributed by atoms with E-state index < -0.39 is 5.97 Å². The number of carboxylic acid groups (broad SMARTS) is 1. The Morgan fingerprint density at radius 2 is 2.24 bits per heavy atom. The third-order valence-electron chi connectivity index (χ3n) is 3.52. The van der Waals surface area contributed by atoms with Gasteiger partial charge in [0, 0.05) is 39.0 Å². The van der Waals surface area contributed by atoms with Crippen molar-refractivity contribution in [1.29, 1.82) is 0 Å². The van der Waals surface area contributed by atoms with Crippen LogP contribution in [0.4, 0.5) is 11.4 Å². The summed E-state index contributed by atoms with van der Waals surface area (Å²) < 4.78 is 1.99. The third kappa shape index (κ3) is 3.34. The van der Waals surface area contributed by atoms with Gasteiger partial charge in [0.15, 0.2) is 0 Å². The lowest BCUT2D eigenvalue weighted by Crippen LogP contribution is -2.27. The molecule has 0 aliphatic carbocycles. The molecule has 2 rings (SSSR count). The Hall–Kier alpha value is -2.50. The van der Waals surface area contributed by atoms with Gasteiger partial charge in [-0.05, 0) is 25.1 Å². The molecule has 0 spiro atoms. The number of likely N-dealkylation sites (N-methyl/N-ethyl adjacent to an activating group) is 1. The van der Waals surface area contributed by atoms with Crippen LogP contribution in [0.1, 0.15) is 23.1 Å². The molecule has 21 heavy (non-hydrogen) atoms. The lowest BCUT2D eigenvalue weighted by molar-refractivity contribution is 0.0697. The molecule has 2 aromatic rings. The molecule has 0 aliphatic rings. The van der Waals surface area contributed by atoms with Crippen molar-refractivity contribution in [3.05, 3.63) is 42.0 Å². The highest BCUT2D eigenvalue weighted by atomic mass is 16.4. The fourth-order valence-corrected chi connectivity index (χ4v) is 2.30. The van der Waals surface area contributed by atoms with Crippen molar-refractivity contribution in [1.82, 2.24) is 9.55 Å². The Morgan fingerprint density at radius 3 is 2.76 bits per heavy atom. The Bertz CT molecular complexity index is 636. The van der Waals surface area contributed by atoms with Gasteiger partial charge in [0.05, 0.1) is 16.9 Å². The molecule has 1 aromatic heterocycles. The summed E-state index contributed by atoms with van der Waals surface area (Å²) in [5.41, 5.74) is 7.53. The van der Waals surface area contributed by atoms with Crippen LogP contribution >= 0.6 is 0 Å². The Labute approximate surface area is 123 Å². The molecule has 0 unspecified atom stereocenters. The first-order chi connectivity index (χ1) is 10.0. The van der Waals surface area contributed by atoms with E-state index in [1.807, 2.05) is 24.7 Å². The van der Waals surface area contributed by atoms with E-state index in [0.717, 1.165) is 31.0 Å². The summed E-state index contributed by atoms with van der Waals surface area (Å²) in [5.74, 6) is 0.0403. The summed E-state index contributed by atoms with van der Waals surface area (Å²) in [6, 6.07) is 4.85. The number of rotatable bonds is 6.